The molecule has 98 valence electrons. The van der Waals surface area contributed by atoms with Crippen molar-refractivity contribution >= 4 is 24.2 Å². The zero-order valence-electron chi connectivity index (χ0n) is 9.69. The molecule has 0 aliphatic carbocycles. The van der Waals surface area contributed by atoms with Gasteiger partial charge >= 0.3 is 0 Å². The summed E-state index contributed by atoms with van der Waals surface area (Å²) in [6, 6.07) is 6.64. The van der Waals surface area contributed by atoms with Crippen molar-refractivity contribution in [1.82, 2.24) is 5.32 Å². The minimum atomic E-state index is -0.184. The summed E-state index contributed by atoms with van der Waals surface area (Å²) in [5.41, 5.74) is 0.973. The molecule has 2 nitrogen and oxygen atoms in total. The lowest BCUT2D eigenvalue weighted by atomic mass is 10.2. The average molecular weight is 280 g/mol. The number of nitrogens with one attached hydrogen (secondary N) is 1. The van der Waals surface area contributed by atoms with Gasteiger partial charge in [-0.15, -0.1) is 12.4 Å². The standard InChI is InChI=1S/C12H18FNOS.ClH/c13-12-4-1-3-11(9-12)10-14-5-8-16-7-2-6-15;/h1,3-4,9,14-15H,2,5-8,10H2;1H. The van der Waals surface area contributed by atoms with Gasteiger partial charge in [-0.1, -0.05) is 12.1 Å². The Morgan fingerprint density at radius 2 is 2.12 bits per heavy atom. The lowest BCUT2D eigenvalue weighted by Gasteiger charge is -2.04. The van der Waals surface area contributed by atoms with Crippen LogP contribution in [-0.4, -0.2) is 29.8 Å². The quantitative estimate of drug-likeness (QED) is 0.717. The van der Waals surface area contributed by atoms with Crippen molar-refractivity contribution in [3.05, 3.63) is 35.6 Å². The van der Waals surface area contributed by atoms with Crippen LogP contribution in [0.25, 0.3) is 0 Å². The molecular formula is C12H19ClFNOS. The van der Waals surface area contributed by atoms with E-state index in [4.69, 9.17) is 5.11 Å². The van der Waals surface area contributed by atoms with Crippen molar-refractivity contribution in [2.45, 2.75) is 13.0 Å². The highest BCUT2D eigenvalue weighted by Gasteiger charge is 1.94. The molecule has 0 aromatic heterocycles. The van der Waals surface area contributed by atoms with Crippen LogP contribution in [0.1, 0.15) is 12.0 Å². The fourth-order valence-corrected chi connectivity index (χ4v) is 2.12. The van der Waals surface area contributed by atoms with Crippen LogP contribution >= 0.6 is 24.2 Å². The molecule has 0 aliphatic heterocycles. The molecule has 1 rings (SSSR count). The van der Waals surface area contributed by atoms with Crippen LogP contribution < -0.4 is 5.32 Å². The van der Waals surface area contributed by atoms with E-state index in [9.17, 15) is 4.39 Å². The van der Waals surface area contributed by atoms with Gasteiger partial charge in [0.2, 0.25) is 0 Å². The Kier molecular flexibility index (Phi) is 10.7. The molecule has 17 heavy (non-hydrogen) atoms. The van der Waals surface area contributed by atoms with Gasteiger partial charge in [0.1, 0.15) is 5.82 Å². The number of benzene rings is 1. The summed E-state index contributed by atoms with van der Waals surface area (Å²) < 4.78 is 12.8. The third-order valence-corrected chi connectivity index (χ3v) is 3.16. The molecule has 1 aromatic rings. The second-order valence-corrected chi connectivity index (χ2v) is 4.72. The normalized spacial score (nSPS) is 10.0. The van der Waals surface area contributed by atoms with Crippen LogP contribution in [0.3, 0.4) is 0 Å². The largest absolute Gasteiger partial charge is 0.396 e. The predicted molar refractivity (Wildman–Crippen MR) is 74.4 cm³/mol. The predicted octanol–water partition coefficient (Wildman–Crippen LogP) is 2.45. The average Bonchev–Trinajstić information content (AvgIpc) is 2.28. The van der Waals surface area contributed by atoms with Crippen LogP contribution in [0.5, 0.6) is 0 Å². The maximum Gasteiger partial charge on any atom is 0.123 e. The molecule has 5 heteroatoms. The molecule has 2 N–H and O–H groups in total. The van der Waals surface area contributed by atoms with Crippen molar-refractivity contribution in [3.8, 4) is 0 Å². The highest BCUT2D eigenvalue weighted by molar-refractivity contribution is 7.99. The van der Waals surface area contributed by atoms with Gasteiger partial charge in [-0.2, -0.15) is 11.8 Å². The zero-order chi connectivity index (χ0) is 11.6. The number of hydrogen-bond donors (Lipinski definition) is 2. The fraction of sp³-hybridized carbons (Fsp3) is 0.500. The van der Waals surface area contributed by atoms with Crippen LogP contribution in [0.4, 0.5) is 4.39 Å². The Balaban J connectivity index is 0.00000256. The van der Waals surface area contributed by atoms with Crippen molar-refractivity contribution in [3.63, 3.8) is 0 Å². The molecule has 0 aliphatic rings. The van der Waals surface area contributed by atoms with Gasteiger partial charge in [-0.3, -0.25) is 0 Å². The van der Waals surface area contributed by atoms with E-state index in [2.05, 4.69) is 5.32 Å². The molecule has 0 radical (unpaired) electrons. The highest BCUT2D eigenvalue weighted by atomic mass is 35.5. The Hall–Kier alpha value is -0.290. The van der Waals surface area contributed by atoms with Gasteiger partial charge in [-0.05, 0) is 29.9 Å². The molecule has 0 saturated heterocycles. The summed E-state index contributed by atoms with van der Waals surface area (Å²) in [7, 11) is 0. The minimum Gasteiger partial charge on any atom is -0.396 e. The van der Waals surface area contributed by atoms with Crippen molar-refractivity contribution in [1.29, 1.82) is 0 Å². The van der Waals surface area contributed by atoms with Crippen molar-refractivity contribution in [2.24, 2.45) is 0 Å². The van der Waals surface area contributed by atoms with E-state index in [0.29, 0.717) is 6.54 Å². The minimum absolute atomic E-state index is 0. The first-order valence-electron chi connectivity index (χ1n) is 5.46. The van der Waals surface area contributed by atoms with Gasteiger partial charge in [0.25, 0.3) is 0 Å². The maximum atomic E-state index is 12.8. The number of thioether (sulfide) groups is 1. The Morgan fingerprint density at radius 3 is 2.82 bits per heavy atom. The van der Waals surface area contributed by atoms with E-state index < -0.39 is 0 Å². The monoisotopic (exact) mass is 279 g/mol. The number of halogens is 2. The molecule has 0 fully saturated rings. The zero-order valence-corrected chi connectivity index (χ0v) is 11.3. The van der Waals surface area contributed by atoms with Crippen LogP contribution in [0.15, 0.2) is 24.3 Å². The second kappa shape index (κ2) is 10.8. The molecule has 0 bridgehead atoms. The van der Waals surface area contributed by atoms with E-state index in [1.165, 1.54) is 6.07 Å². The summed E-state index contributed by atoms with van der Waals surface area (Å²) >= 11 is 1.82. The van der Waals surface area contributed by atoms with Crippen molar-refractivity contribution < 1.29 is 9.50 Å². The summed E-state index contributed by atoms with van der Waals surface area (Å²) in [5.74, 6) is 1.84. The van der Waals surface area contributed by atoms with E-state index in [1.54, 1.807) is 12.1 Å². The van der Waals surface area contributed by atoms with Gasteiger partial charge in [-0.25, -0.2) is 4.39 Å². The van der Waals surface area contributed by atoms with Gasteiger partial charge < -0.3 is 10.4 Å². The highest BCUT2D eigenvalue weighted by Crippen LogP contribution is 2.03. The number of hydrogen-bond acceptors (Lipinski definition) is 3. The van der Waals surface area contributed by atoms with E-state index in [0.717, 1.165) is 30.0 Å². The summed E-state index contributed by atoms with van der Waals surface area (Å²) in [5, 5.41) is 11.8. The van der Waals surface area contributed by atoms with Crippen molar-refractivity contribution in [2.75, 3.05) is 24.7 Å². The third kappa shape index (κ3) is 8.44. The van der Waals surface area contributed by atoms with E-state index in [1.807, 2.05) is 17.8 Å². The molecular weight excluding hydrogens is 261 g/mol. The Morgan fingerprint density at radius 1 is 1.29 bits per heavy atom. The molecule has 0 unspecified atom stereocenters. The number of rotatable bonds is 8. The van der Waals surface area contributed by atoms with Crippen LogP contribution in [0, 0.1) is 5.82 Å². The summed E-state index contributed by atoms with van der Waals surface area (Å²) in [6.45, 7) is 1.88. The Bertz CT molecular complexity index is 302. The molecule has 1 aromatic carbocycles. The third-order valence-electron chi connectivity index (χ3n) is 2.09. The summed E-state index contributed by atoms with van der Waals surface area (Å²) in [6.07, 6.45) is 0.856. The maximum absolute atomic E-state index is 12.8. The fourth-order valence-electron chi connectivity index (χ4n) is 1.29. The lowest BCUT2D eigenvalue weighted by molar-refractivity contribution is 0.296. The second-order valence-electron chi connectivity index (χ2n) is 3.50. The van der Waals surface area contributed by atoms with E-state index in [-0.39, 0.29) is 24.8 Å². The van der Waals surface area contributed by atoms with E-state index >= 15 is 0 Å². The van der Waals surface area contributed by atoms with Crippen LogP contribution in [-0.2, 0) is 6.54 Å². The molecule has 0 atom stereocenters. The Labute approximate surface area is 112 Å². The lowest BCUT2D eigenvalue weighted by Crippen LogP contribution is -2.16. The first-order chi connectivity index (χ1) is 7.83. The SMILES string of the molecule is Cl.OCCCSCCNCc1cccc(F)c1. The summed E-state index contributed by atoms with van der Waals surface area (Å²) in [4.78, 5) is 0. The van der Waals surface area contributed by atoms with Gasteiger partial charge in [0, 0.05) is 25.4 Å². The first kappa shape index (κ1) is 16.7. The molecule has 0 spiro atoms. The molecule has 0 saturated carbocycles. The van der Waals surface area contributed by atoms with Gasteiger partial charge in [0.15, 0.2) is 0 Å². The number of aliphatic hydroxyl groups is 1. The molecule has 0 amide bonds. The van der Waals surface area contributed by atoms with Crippen LogP contribution in [0.2, 0.25) is 0 Å². The number of aliphatic hydroxyl groups excluding tert-OH is 1. The topological polar surface area (TPSA) is 32.3 Å². The van der Waals surface area contributed by atoms with Gasteiger partial charge in [0.05, 0.1) is 0 Å². The first-order valence-corrected chi connectivity index (χ1v) is 6.62. The smallest absolute Gasteiger partial charge is 0.123 e. The molecule has 0 heterocycles.